The summed E-state index contributed by atoms with van der Waals surface area (Å²) in [6.45, 7) is 6.34. The van der Waals surface area contributed by atoms with Crippen molar-refractivity contribution in [2.45, 2.75) is 38.8 Å². The van der Waals surface area contributed by atoms with Crippen LogP contribution in [0.3, 0.4) is 0 Å². The van der Waals surface area contributed by atoms with Crippen LogP contribution in [-0.2, 0) is 5.60 Å². The van der Waals surface area contributed by atoms with Crippen molar-refractivity contribution in [3.05, 3.63) is 54.1 Å². The van der Waals surface area contributed by atoms with E-state index in [9.17, 15) is 5.11 Å². The van der Waals surface area contributed by atoms with Crippen LogP contribution in [0.15, 0.2) is 43.0 Å². The molecule has 0 saturated carbocycles. The van der Waals surface area contributed by atoms with Gasteiger partial charge in [0.25, 0.3) is 0 Å². The van der Waals surface area contributed by atoms with E-state index >= 15 is 0 Å². The van der Waals surface area contributed by atoms with Gasteiger partial charge in [-0.2, -0.15) is 0 Å². The second-order valence-electron chi connectivity index (χ2n) is 6.44. The number of rotatable bonds is 1. The van der Waals surface area contributed by atoms with Gasteiger partial charge in [-0.3, -0.25) is 0 Å². The molecule has 2 aromatic rings. The molecule has 1 aromatic heterocycles. The number of hydrogen-bond donors (Lipinski definition) is 1. The molecule has 0 aliphatic heterocycles. The topological polar surface area (TPSA) is 38.0 Å². The zero-order valence-corrected chi connectivity index (χ0v) is 11.7. The summed E-state index contributed by atoms with van der Waals surface area (Å²) in [4.78, 5) is 4.17. The molecule has 1 aromatic carbocycles. The number of benzene rings is 1. The molecule has 0 bridgehead atoms. The van der Waals surface area contributed by atoms with E-state index in [1.807, 2.05) is 43.8 Å². The van der Waals surface area contributed by atoms with E-state index in [0.717, 1.165) is 12.0 Å². The Morgan fingerprint density at radius 2 is 2.00 bits per heavy atom. The summed E-state index contributed by atoms with van der Waals surface area (Å²) < 4.78 is 2.15. The summed E-state index contributed by atoms with van der Waals surface area (Å²) >= 11 is 0. The maximum Gasteiger partial charge on any atom is 0.0951 e. The van der Waals surface area contributed by atoms with Crippen LogP contribution in [0.5, 0.6) is 0 Å². The first-order valence-electron chi connectivity index (χ1n) is 6.71. The highest BCUT2D eigenvalue weighted by Crippen LogP contribution is 2.51. The van der Waals surface area contributed by atoms with Crippen molar-refractivity contribution in [3.8, 4) is 0 Å². The molecule has 3 heteroatoms. The Kier molecular flexibility index (Phi) is 2.58. The second-order valence-corrected chi connectivity index (χ2v) is 6.44. The fourth-order valence-electron chi connectivity index (χ4n) is 3.71. The zero-order valence-electron chi connectivity index (χ0n) is 11.7. The zero-order chi connectivity index (χ0) is 13.7. The van der Waals surface area contributed by atoms with Crippen molar-refractivity contribution in [3.63, 3.8) is 0 Å². The largest absolute Gasteiger partial charge is 0.385 e. The molecule has 0 radical (unpaired) electrons. The lowest BCUT2D eigenvalue weighted by Crippen LogP contribution is -2.42. The first-order valence-corrected chi connectivity index (χ1v) is 6.71. The average Bonchev–Trinajstić information content (AvgIpc) is 2.80. The van der Waals surface area contributed by atoms with Crippen molar-refractivity contribution < 1.29 is 5.11 Å². The Labute approximate surface area is 113 Å². The lowest BCUT2D eigenvalue weighted by molar-refractivity contribution is -0.0165. The van der Waals surface area contributed by atoms with Gasteiger partial charge < -0.3 is 9.67 Å². The summed E-state index contributed by atoms with van der Waals surface area (Å²) in [7, 11) is 0. The van der Waals surface area contributed by atoms with Gasteiger partial charge in [0.1, 0.15) is 0 Å². The van der Waals surface area contributed by atoms with Gasteiger partial charge in [-0.1, -0.05) is 38.1 Å². The van der Waals surface area contributed by atoms with E-state index in [4.69, 9.17) is 0 Å². The van der Waals surface area contributed by atoms with E-state index in [1.54, 1.807) is 0 Å². The van der Waals surface area contributed by atoms with Crippen molar-refractivity contribution in [1.82, 2.24) is 9.55 Å². The SMILES string of the molecule is CC1(C)C[C@@](C)(O)c2ccccc2[C@H]1n1ccnc1. The molecule has 100 valence electrons. The minimum Gasteiger partial charge on any atom is -0.385 e. The van der Waals surface area contributed by atoms with Gasteiger partial charge in [0.05, 0.1) is 18.0 Å². The molecule has 1 heterocycles. The van der Waals surface area contributed by atoms with Crippen molar-refractivity contribution in [2.24, 2.45) is 5.41 Å². The molecular weight excluding hydrogens is 236 g/mol. The molecule has 0 saturated heterocycles. The standard InChI is InChI=1S/C16H20N2O/c1-15(2)10-16(3,19)13-7-5-4-6-12(13)14(15)18-9-8-17-11-18/h4-9,11,14,19H,10H2,1-3H3/t14-,16-/m1/s1. The number of aromatic nitrogens is 2. The van der Waals surface area contributed by atoms with Crippen LogP contribution in [0.25, 0.3) is 0 Å². The first-order chi connectivity index (χ1) is 8.92. The first kappa shape index (κ1) is 12.4. The maximum atomic E-state index is 10.8. The Balaban J connectivity index is 2.23. The van der Waals surface area contributed by atoms with E-state index in [0.29, 0.717) is 0 Å². The number of aliphatic hydroxyl groups is 1. The van der Waals surface area contributed by atoms with Gasteiger partial charge in [0.2, 0.25) is 0 Å². The lowest BCUT2D eigenvalue weighted by atomic mass is 9.64. The van der Waals surface area contributed by atoms with Gasteiger partial charge in [-0.05, 0) is 29.9 Å². The van der Waals surface area contributed by atoms with E-state index in [1.165, 1.54) is 5.56 Å². The average molecular weight is 256 g/mol. The van der Waals surface area contributed by atoms with Crippen molar-refractivity contribution in [1.29, 1.82) is 0 Å². The van der Waals surface area contributed by atoms with E-state index in [-0.39, 0.29) is 11.5 Å². The Hall–Kier alpha value is -1.61. The summed E-state index contributed by atoms with van der Waals surface area (Å²) in [5.74, 6) is 0. The van der Waals surface area contributed by atoms with Gasteiger partial charge in [0.15, 0.2) is 0 Å². The Morgan fingerprint density at radius 3 is 2.68 bits per heavy atom. The third kappa shape index (κ3) is 1.89. The van der Waals surface area contributed by atoms with Gasteiger partial charge >= 0.3 is 0 Å². The molecule has 3 rings (SSSR count). The van der Waals surface area contributed by atoms with Crippen molar-refractivity contribution in [2.75, 3.05) is 0 Å². The van der Waals surface area contributed by atoms with Crippen LogP contribution in [0.1, 0.15) is 44.4 Å². The predicted octanol–water partition coefficient (Wildman–Crippen LogP) is 3.11. The highest BCUT2D eigenvalue weighted by atomic mass is 16.3. The summed E-state index contributed by atoms with van der Waals surface area (Å²) in [5.41, 5.74) is 1.44. The maximum absolute atomic E-state index is 10.8. The van der Waals surface area contributed by atoms with Crippen LogP contribution in [0, 0.1) is 5.41 Å². The normalized spacial score (nSPS) is 28.9. The Morgan fingerprint density at radius 1 is 1.26 bits per heavy atom. The molecule has 19 heavy (non-hydrogen) atoms. The van der Waals surface area contributed by atoms with Gasteiger partial charge in [-0.15, -0.1) is 0 Å². The summed E-state index contributed by atoms with van der Waals surface area (Å²) in [6, 6.07) is 8.41. The van der Waals surface area contributed by atoms with Crippen LogP contribution in [-0.4, -0.2) is 14.7 Å². The highest BCUT2D eigenvalue weighted by Gasteiger charge is 2.45. The number of hydrogen-bond acceptors (Lipinski definition) is 2. The fraction of sp³-hybridized carbons (Fsp3) is 0.438. The third-order valence-electron chi connectivity index (χ3n) is 4.20. The summed E-state index contributed by atoms with van der Waals surface area (Å²) in [6.07, 6.45) is 6.41. The van der Waals surface area contributed by atoms with E-state index in [2.05, 4.69) is 29.5 Å². The van der Waals surface area contributed by atoms with Gasteiger partial charge in [-0.25, -0.2) is 4.98 Å². The molecule has 0 spiro atoms. The van der Waals surface area contributed by atoms with Crippen LogP contribution < -0.4 is 0 Å². The second kappa shape index (κ2) is 3.94. The third-order valence-corrected chi connectivity index (χ3v) is 4.20. The molecule has 1 N–H and O–H groups in total. The molecule has 1 aliphatic carbocycles. The minimum atomic E-state index is -0.767. The van der Waals surface area contributed by atoms with Crippen LogP contribution >= 0.6 is 0 Å². The lowest BCUT2D eigenvalue weighted by Gasteiger charge is -2.47. The molecule has 0 unspecified atom stereocenters. The molecular formula is C16H20N2O. The Bertz CT molecular complexity index is 585. The van der Waals surface area contributed by atoms with E-state index < -0.39 is 5.60 Å². The predicted molar refractivity (Wildman–Crippen MR) is 74.8 cm³/mol. The minimum absolute atomic E-state index is 0.0292. The molecule has 3 nitrogen and oxygen atoms in total. The fourth-order valence-corrected chi connectivity index (χ4v) is 3.71. The highest BCUT2D eigenvalue weighted by molar-refractivity contribution is 5.39. The van der Waals surface area contributed by atoms with Gasteiger partial charge in [0, 0.05) is 12.4 Å². The number of imidazole rings is 1. The number of fused-ring (bicyclic) bond motifs is 1. The number of nitrogens with zero attached hydrogens (tertiary/aromatic N) is 2. The molecule has 1 aliphatic rings. The summed E-state index contributed by atoms with van der Waals surface area (Å²) in [5, 5.41) is 10.8. The smallest absolute Gasteiger partial charge is 0.0951 e. The monoisotopic (exact) mass is 256 g/mol. The quantitative estimate of drug-likeness (QED) is 0.851. The molecule has 0 amide bonds. The van der Waals surface area contributed by atoms with Crippen molar-refractivity contribution >= 4 is 0 Å². The van der Waals surface area contributed by atoms with Crippen LogP contribution in [0.4, 0.5) is 0 Å². The molecule has 0 fully saturated rings. The molecule has 2 atom stereocenters. The van der Waals surface area contributed by atoms with Crippen LogP contribution in [0.2, 0.25) is 0 Å².